The fourth-order valence-electron chi connectivity index (χ4n) is 1.81. The van der Waals surface area contributed by atoms with Crippen LogP contribution in [0.15, 0.2) is 53.5 Å². The molecule has 0 fully saturated rings. The van der Waals surface area contributed by atoms with Crippen molar-refractivity contribution in [2.75, 3.05) is 0 Å². The lowest BCUT2D eigenvalue weighted by atomic mass is 10.1. The van der Waals surface area contributed by atoms with Crippen molar-refractivity contribution >= 4 is 11.9 Å². The average Bonchev–Trinajstić information content (AvgIpc) is 2.46. The molecule has 92 valence electrons. The molecule has 0 aliphatic carbocycles. The zero-order valence-corrected chi connectivity index (χ0v) is 11.1. The molecular formula is C17H19N. The predicted octanol–water partition coefficient (Wildman–Crippen LogP) is 4.56. The normalized spacial score (nSPS) is 11.0. The first-order valence-corrected chi connectivity index (χ1v) is 6.53. The molecule has 2 aromatic rings. The monoisotopic (exact) mass is 237 g/mol. The highest BCUT2D eigenvalue weighted by atomic mass is 14.7. The van der Waals surface area contributed by atoms with Crippen LogP contribution in [0, 0.1) is 0 Å². The smallest absolute Gasteiger partial charge is 0.0630 e. The van der Waals surface area contributed by atoms with E-state index >= 15 is 0 Å². The molecule has 0 aliphatic heterocycles. The minimum absolute atomic E-state index is 1.01. The fraction of sp³-hybridized carbons (Fsp3) is 0.235. The van der Waals surface area contributed by atoms with Crippen molar-refractivity contribution in [1.82, 2.24) is 0 Å². The Morgan fingerprint density at radius 3 is 1.78 bits per heavy atom. The van der Waals surface area contributed by atoms with Crippen molar-refractivity contribution in [3.63, 3.8) is 0 Å². The molecule has 0 radical (unpaired) electrons. The molecule has 0 aromatic heterocycles. The van der Waals surface area contributed by atoms with Crippen molar-refractivity contribution in [2.24, 2.45) is 4.99 Å². The van der Waals surface area contributed by atoms with Crippen molar-refractivity contribution in [3.05, 3.63) is 65.2 Å². The van der Waals surface area contributed by atoms with E-state index in [1.807, 2.05) is 6.21 Å². The summed E-state index contributed by atoms with van der Waals surface area (Å²) in [6.45, 7) is 4.33. The zero-order chi connectivity index (χ0) is 12.8. The van der Waals surface area contributed by atoms with Gasteiger partial charge in [-0.25, -0.2) is 0 Å². The largest absolute Gasteiger partial charge is 0.256 e. The summed E-state index contributed by atoms with van der Waals surface area (Å²) in [5.41, 5.74) is 4.86. The highest BCUT2D eigenvalue weighted by Gasteiger charge is 1.92. The van der Waals surface area contributed by atoms with E-state index in [2.05, 4.69) is 67.4 Å². The Kier molecular flexibility index (Phi) is 4.30. The van der Waals surface area contributed by atoms with Gasteiger partial charge in [0.2, 0.25) is 0 Å². The van der Waals surface area contributed by atoms with E-state index in [1.165, 1.54) is 11.1 Å². The Labute approximate surface area is 109 Å². The molecule has 0 unspecified atom stereocenters. The molecule has 0 aliphatic rings. The third-order valence-corrected chi connectivity index (χ3v) is 3.10. The van der Waals surface area contributed by atoms with Gasteiger partial charge in [0.25, 0.3) is 0 Å². The fourth-order valence-corrected chi connectivity index (χ4v) is 1.81. The molecule has 18 heavy (non-hydrogen) atoms. The van der Waals surface area contributed by atoms with Crippen LogP contribution in [0.2, 0.25) is 0 Å². The van der Waals surface area contributed by atoms with Crippen LogP contribution in [-0.2, 0) is 12.8 Å². The van der Waals surface area contributed by atoms with Gasteiger partial charge in [0.15, 0.2) is 0 Å². The van der Waals surface area contributed by atoms with Crippen LogP contribution < -0.4 is 0 Å². The number of hydrogen-bond donors (Lipinski definition) is 0. The maximum Gasteiger partial charge on any atom is 0.0630 e. The second-order valence-corrected chi connectivity index (χ2v) is 4.37. The summed E-state index contributed by atoms with van der Waals surface area (Å²) >= 11 is 0. The minimum atomic E-state index is 1.01. The van der Waals surface area contributed by atoms with Crippen LogP contribution in [-0.4, -0.2) is 6.21 Å². The van der Waals surface area contributed by atoms with Crippen molar-refractivity contribution in [1.29, 1.82) is 0 Å². The summed E-state index contributed by atoms with van der Waals surface area (Å²) in [5.74, 6) is 0. The molecule has 0 N–H and O–H groups in total. The molecule has 0 amide bonds. The number of aryl methyl sites for hydroxylation is 2. The van der Waals surface area contributed by atoms with Gasteiger partial charge in [-0.15, -0.1) is 0 Å². The second kappa shape index (κ2) is 6.15. The number of nitrogens with zero attached hydrogens (tertiary/aromatic N) is 1. The Balaban J connectivity index is 2.08. The second-order valence-electron chi connectivity index (χ2n) is 4.37. The summed E-state index contributed by atoms with van der Waals surface area (Å²) < 4.78 is 0. The lowest BCUT2D eigenvalue weighted by Gasteiger charge is -1.98. The van der Waals surface area contributed by atoms with Gasteiger partial charge in [-0.3, -0.25) is 4.99 Å². The number of hydrogen-bond acceptors (Lipinski definition) is 1. The minimum Gasteiger partial charge on any atom is -0.256 e. The van der Waals surface area contributed by atoms with Crippen LogP contribution in [0.25, 0.3) is 0 Å². The summed E-state index contributed by atoms with van der Waals surface area (Å²) in [4.78, 5) is 4.48. The van der Waals surface area contributed by atoms with Gasteiger partial charge in [0.1, 0.15) is 0 Å². The van der Waals surface area contributed by atoms with Crippen LogP contribution in [0.5, 0.6) is 0 Å². The zero-order valence-electron chi connectivity index (χ0n) is 11.1. The SMILES string of the molecule is CCc1ccc(C=Nc2ccc(CC)cc2)cc1. The first kappa shape index (κ1) is 12.6. The number of rotatable bonds is 4. The highest BCUT2D eigenvalue weighted by molar-refractivity contribution is 5.81. The van der Waals surface area contributed by atoms with Crippen LogP contribution in [0.3, 0.4) is 0 Å². The van der Waals surface area contributed by atoms with Crippen molar-refractivity contribution < 1.29 is 0 Å². The third kappa shape index (κ3) is 3.30. The molecule has 0 bridgehead atoms. The Hall–Kier alpha value is -1.89. The first-order valence-electron chi connectivity index (χ1n) is 6.53. The quantitative estimate of drug-likeness (QED) is 0.691. The van der Waals surface area contributed by atoms with E-state index in [-0.39, 0.29) is 0 Å². The van der Waals surface area contributed by atoms with Gasteiger partial charge >= 0.3 is 0 Å². The molecule has 2 aromatic carbocycles. The van der Waals surface area contributed by atoms with Gasteiger partial charge in [-0.1, -0.05) is 50.2 Å². The molecule has 0 atom stereocenters. The number of aliphatic imine (C=N–C) groups is 1. The average molecular weight is 237 g/mol. The Morgan fingerprint density at radius 2 is 1.28 bits per heavy atom. The van der Waals surface area contributed by atoms with Gasteiger partial charge < -0.3 is 0 Å². The van der Waals surface area contributed by atoms with E-state index in [0.29, 0.717) is 0 Å². The Bertz CT molecular complexity index is 457. The highest BCUT2D eigenvalue weighted by Crippen LogP contribution is 2.13. The molecule has 2 rings (SSSR count). The molecule has 1 nitrogen and oxygen atoms in total. The maximum atomic E-state index is 4.48. The molecule has 0 spiro atoms. The van der Waals surface area contributed by atoms with Gasteiger partial charge in [-0.05, 0) is 41.7 Å². The number of benzene rings is 2. The third-order valence-electron chi connectivity index (χ3n) is 3.10. The molecule has 0 heterocycles. The topological polar surface area (TPSA) is 12.4 Å². The Morgan fingerprint density at radius 1 is 0.778 bits per heavy atom. The standard InChI is InChI=1S/C17H19N/c1-3-14-5-7-16(8-6-14)13-18-17-11-9-15(4-2)10-12-17/h5-13H,3-4H2,1-2H3. The van der Waals surface area contributed by atoms with Crippen LogP contribution >= 0.6 is 0 Å². The lowest BCUT2D eigenvalue weighted by Crippen LogP contribution is -1.83. The predicted molar refractivity (Wildman–Crippen MR) is 78.9 cm³/mol. The van der Waals surface area contributed by atoms with E-state index in [9.17, 15) is 0 Å². The van der Waals surface area contributed by atoms with Gasteiger partial charge in [0, 0.05) is 6.21 Å². The summed E-state index contributed by atoms with van der Waals surface area (Å²) in [6.07, 6.45) is 4.07. The van der Waals surface area contributed by atoms with E-state index in [4.69, 9.17) is 0 Å². The van der Waals surface area contributed by atoms with Crippen LogP contribution in [0.4, 0.5) is 5.69 Å². The molecule has 0 saturated carbocycles. The van der Waals surface area contributed by atoms with Gasteiger partial charge in [0.05, 0.1) is 5.69 Å². The van der Waals surface area contributed by atoms with E-state index < -0.39 is 0 Å². The molecular weight excluding hydrogens is 218 g/mol. The summed E-state index contributed by atoms with van der Waals surface area (Å²) in [5, 5.41) is 0. The van der Waals surface area contributed by atoms with E-state index in [0.717, 1.165) is 24.1 Å². The molecule has 0 saturated heterocycles. The van der Waals surface area contributed by atoms with Crippen LogP contribution in [0.1, 0.15) is 30.5 Å². The lowest BCUT2D eigenvalue weighted by molar-refractivity contribution is 1.14. The maximum absolute atomic E-state index is 4.48. The van der Waals surface area contributed by atoms with Crippen molar-refractivity contribution in [3.8, 4) is 0 Å². The van der Waals surface area contributed by atoms with Crippen molar-refractivity contribution in [2.45, 2.75) is 26.7 Å². The first-order chi connectivity index (χ1) is 8.81. The molecule has 1 heteroatoms. The summed E-state index contributed by atoms with van der Waals surface area (Å²) in [7, 11) is 0. The summed E-state index contributed by atoms with van der Waals surface area (Å²) in [6, 6.07) is 16.9. The van der Waals surface area contributed by atoms with E-state index in [1.54, 1.807) is 0 Å². The van der Waals surface area contributed by atoms with Gasteiger partial charge in [-0.2, -0.15) is 0 Å².